The Morgan fingerprint density at radius 3 is 2.36 bits per heavy atom. The summed E-state index contributed by atoms with van der Waals surface area (Å²) in [6.45, 7) is 9.40. The number of carbonyl (C=O) groups excluding carboxylic acids is 2. The molecule has 1 aromatic rings. The molecule has 0 aliphatic carbocycles. The lowest BCUT2D eigenvalue weighted by Gasteiger charge is -2.28. The first kappa shape index (κ1) is 19.6. The van der Waals surface area contributed by atoms with E-state index < -0.39 is 21.5 Å². The fourth-order valence-corrected chi connectivity index (χ4v) is 4.54. The molecule has 0 amide bonds. The van der Waals surface area contributed by atoms with E-state index in [2.05, 4.69) is 4.72 Å². The van der Waals surface area contributed by atoms with Gasteiger partial charge in [0.15, 0.2) is 5.54 Å². The standard InChI is InChI=1S/C18H25NO5S/c1-6-13(20)11-18(16(21)24-7-2)14-10-12(17(3,4)5)8-9-15(14)25(22,23)19-18/h8-10,19H,6-7,11H2,1-5H3/t18-/m0/s1. The largest absolute Gasteiger partial charge is 0.464 e. The molecule has 1 N–H and O–H groups in total. The van der Waals surface area contributed by atoms with Crippen molar-refractivity contribution in [3.63, 3.8) is 0 Å². The molecule has 1 heterocycles. The SMILES string of the molecule is CCOC(=O)[C@@]1(CC(=O)CC)NS(=O)(=O)c2ccc(C(C)(C)C)cc21. The summed E-state index contributed by atoms with van der Waals surface area (Å²) in [6, 6.07) is 4.93. The summed E-state index contributed by atoms with van der Waals surface area (Å²) in [6.07, 6.45) is -0.0562. The third-order valence-electron chi connectivity index (χ3n) is 4.38. The highest BCUT2D eigenvalue weighted by atomic mass is 32.2. The van der Waals surface area contributed by atoms with Crippen LogP contribution >= 0.6 is 0 Å². The number of ether oxygens (including phenoxy) is 1. The Balaban J connectivity index is 2.75. The predicted octanol–water partition coefficient (Wildman–Crippen LogP) is 2.40. The smallest absolute Gasteiger partial charge is 0.332 e. The Morgan fingerprint density at radius 2 is 1.84 bits per heavy atom. The van der Waals surface area contributed by atoms with Gasteiger partial charge in [0.1, 0.15) is 5.78 Å². The number of rotatable bonds is 5. The molecule has 0 unspecified atom stereocenters. The molecule has 0 saturated heterocycles. The third kappa shape index (κ3) is 3.48. The zero-order valence-electron chi connectivity index (χ0n) is 15.3. The quantitative estimate of drug-likeness (QED) is 0.807. The number of hydrogen-bond acceptors (Lipinski definition) is 5. The number of benzene rings is 1. The van der Waals surface area contributed by atoms with Crippen molar-refractivity contribution in [2.75, 3.05) is 6.61 Å². The Morgan fingerprint density at radius 1 is 1.20 bits per heavy atom. The maximum Gasteiger partial charge on any atom is 0.332 e. The van der Waals surface area contributed by atoms with Gasteiger partial charge in [-0.3, -0.25) is 4.79 Å². The summed E-state index contributed by atoms with van der Waals surface area (Å²) in [4.78, 5) is 24.9. The first-order valence-corrected chi connectivity index (χ1v) is 9.84. The predicted molar refractivity (Wildman–Crippen MR) is 93.7 cm³/mol. The topological polar surface area (TPSA) is 89.5 Å². The van der Waals surface area contributed by atoms with E-state index in [0.29, 0.717) is 5.56 Å². The third-order valence-corrected chi connectivity index (χ3v) is 5.94. The number of carbonyl (C=O) groups is 2. The summed E-state index contributed by atoms with van der Waals surface area (Å²) in [7, 11) is -3.90. The second kappa shape index (κ2) is 6.53. The Bertz CT molecular complexity index is 807. The fraction of sp³-hybridized carbons (Fsp3) is 0.556. The zero-order chi connectivity index (χ0) is 19.0. The highest BCUT2D eigenvalue weighted by molar-refractivity contribution is 7.90. The monoisotopic (exact) mass is 367 g/mol. The van der Waals surface area contributed by atoms with Crippen molar-refractivity contribution in [1.29, 1.82) is 0 Å². The van der Waals surface area contributed by atoms with E-state index in [1.165, 1.54) is 6.07 Å². The van der Waals surface area contributed by atoms with E-state index in [1.807, 2.05) is 20.8 Å². The first-order chi connectivity index (χ1) is 11.5. The van der Waals surface area contributed by atoms with Gasteiger partial charge in [-0.1, -0.05) is 39.8 Å². The molecule has 25 heavy (non-hydrogen) atoms. The van der Waals surface area contributed by atoms with Crippen LogP contribution in [-0.4, -0.2) is 26.8 Å². The van der Waals surface area contributed by atoms with Crippen molar-refractivity contribution in [3.8, 4) is 0 Å². The van der Waals surface area contributed by atoms with Crippen molar-refractivity contribution in [1.82, 2.24) is 4.72 Å². The van der Waals surface area contributed by atoms with Gasteiger partial charge in [-0.25, -0.2) is 13.2 Å². The van der Waals surface area contributed by atoms with Gasteiger partial charge in [0.25, 0.3) is 0 Å². The maximum absolute atomic E-state index is 12.7. The lowest BCUT2D eigenvalue weighted by atomic mass is 9.80. The van der Waals surface area contributed by atoms with Crippen molar-refractivity contribution in [2.24, 2.45) is 0 Å². The molecule has 0 fully saturated rings. The molecule has 1 atom stereocenters. The van der Waals surface area contributed by atoms with E-state index in [0.717, 1.165) is 5.56 Å². The number of Topliss-reactive ketones (excluding diaryl/α,β-unsaturated/α-hetero) is 1. The summed E-state index contributed by atoms with van der Waals surface area (Å²) in [5.74, 6) is -0.963. The highest BCUT2D eigenvalue weighted by Crippen LogP contribution is 2.41. The number of nitrogens with one attached hydrogen (secondary N) is 1. The second-order valence-corrected chi connectivity index (χ2v) is 8.91. The molecule has 138 valence electrons. The van der Waals surface area contributed by atoms with Crippen LogP contribution in [0, 0.1) is 0 Å². The number of ketones is 1. The molecule has 0 saturated carbocycles. The molecule has 0 bridgehead atoms. The van der Waals surface area contributed by atoms with Crippen LogP contribution in [0.1, 0.15) is 58.6 Å². The van der Waals surface area contributed by atoms with Crippen LogP contribution in [0.2, 0.25) is 0 Å². The molecule has 0 spiro atoms. The molecular formula is C18H25NO5S. The van der Waals surface area contributed by atoms with Crippen molar-refractivity contribution in [2.45, 2.75) is 63.3 Å². The second-order valence-electron chi connectivity index (χ2n) is 7.26. The summed E-state index contributed by atoms with van der Waals surface area (Å²) < 4.78 is 32.7. The number of fused-ring (bicyclic) bond motifs is 1. The minimum Gasteiger partial charge on any atom is -0.464 e. The number of hydrogen-bond donors (Lipinski definition) is 1. The average Bonchev–Trinajstić information content (AvgIpc) is 2.74. The first-order valence-electron chi connectivity index (χ1n) is 8.36. The molecule has 2 rings (SSSR count). The van der Waals surface area contributed by atoms with Crippen molar-refractivity contribution in [3.05, 3.63) is 29.3 Å². The minimum absolute atomic E-state index is 0.0254. The van der Waals surface area contributed by atoms with Gasteiger partial charge in [0, 0.05) is 18.4 Å². The fourth-order valence-electron chi connectivity index (χ4n) is 2.93. The summed E-state index contributed by atoms with van der Waals surface area (Å²) in [5.41, 5.74) is -0.766. The summed E-state index contributed by atoms with van der Waals surface area (Å²) >= 11 is 0. The lowest BCUT2D eigenvalue weighted by Crippen LogP contribution is -2.49. The van der Waals surface area contributed by atoms with Crippen LogP contribution in [0.5, 0.6) is 0 Å². The van der Waals surface area contributed by atoms with Crippen LogP contribution in [0.25, 0.3) is 0 Å². The number of sulfonamides is 1. The maximum atomic E-state index is 12.7. The van der Waals surface area contributed by atoms with Gasteiger partial charge < -0.3 is 4.74 Å². The minimum atomic E-state index is -3.90. The molecule has 1 aliphatic rings. The summed E-state index contributed by atoms with van der Waals surface area (Å²) in [5, 5.41) is 0. The molecule has 0 aromatic heterocycles. The van der Waals surface area contributed by atoms with Crippen LogP contribution < -0.4 is 4.72 Å². The normalized spacial score (nSPS) is 21.6. The van der Waals surface area contributed by atoms with E-state index in [-0.39, 0.29) is 35.5 Å². The van der Waals surface area contributed by atoms with Gasteiger partial charge in [0.2, 0.25) is 10.0 Å². The van der Waals surface area contributed by atoms with Gasteiger partial charge in [-0.2, -0.15) is 4.72 Å². The molecule has 6 nitrogen and oxygen atoms in total. The van der Waals surface area contributed by atoms with E-state index in [9.17, 15) is 18.0 Å². The molecule has 7 heteroatoms. The van der Waals surface area contributed by atoms with E-state index in [4.69, 9.17) is 4.74 Å². The van der Waals surface area contributed by atoms with Gasteiger partial charge in [-0.15, -0.1) is 0 Å². The van der Waals surface area contributed by atoms with Crippen LogP contribution in [0.3, 0.4) is 0 Å². The van der Waals surface area contributed by atoms with E-state index in [1.54, 1.807) is 26.0 Å². The average molecular weight is 367 g/mol. The Kier molecular flexibility index (Phi) is 5.12. The molecule has 1 aromatic carbocycles. The van der Waals surface area contributed by atoms with Gasteiger partial charge >= 0.3 is 5.97 Å². The van der Waals surface area contributed by atoms with Crippen LogP contribution in [0.4, 0.5) is 0 Å². The molecule has 0 radical (unpaired) electrons. The van der Waals surface area contributed by atoms with Crippen molar-refractivity contribution < 1.29 is 22.7 Å². The van der Waals surface area contributed by atoms with Gasteiger partial charge in [0.05, 0.1) is 11.5 Å². The Hall–Kier alpha value is -1.73. The molecular weight excluding hydrogens is 342 g/mol. The van der Waals surface area contributed by atoms with Crippen LogP contribution in [0.15, 0.2) is 23.1 Å². The highest BCUT2D eigenvalue weighted by Gasteiger charge is 2.54. The van der Waals surface area contributed by atoms with Crippen molar-refractivity contribution >= 4 is 21.8 Å². The van der Waals surface area contributed by atoms with E-state index >= 15 is 0 Å². The van der Waals surface area contributed by atoms with Gasteiger partial charge in [-0.05, 0) is 24.0 Å². The Labute approximate surface area is 149 Å². The zero-order valence-corrected chi connectivity index (χ0v) is 16.1. The van der Waals surface area contributed by atoms with Crippen LogP contribution in [-0.2, 0) is 35.3 Å². The lowest BCUT2D eigenvalue weighted by molar-refractivity contribution is -0.152. The number of esters is 1. The molecule has 1 aliphatic heterocycles.